The lowest BCUT2D eigenvalue weighted by Crippen LogP contribution is -2.38. The van der Waals surface area contributed by atoms with Crippen LogP contribution in [0.5, 0.6) is 0 Å². The number of hydrogen-bond acceptors (Lipinski definition) is 6. The highest BCUT2D eigenvalue weighted by atomic mass is 32.2. The summed E-state index contributed by atoms with van der Waals surface area (Å²) in [5.41, 5.74) is 0. The number of nitrogens with zero attached hydrogens (tertiary/aromatic N) is 3. The lowest BCUT2D eigenvalue weighted by atomic mass is 10.2. The molecule has 1 aliphatic rings. The summed E-state index contributed by atoms with van der Waals surface area (Å²) in [4.78, 5) is 14.4. The van der Waals surface area contributed by atoms with E-state index in [1.54, 1.807) is 6.20 Å². The van der Waals surface area contributed by atoms with Crippen molar-refractivity contribution in [1.29, 1.82) is 0 Å². The van der Waals surface area contributed by atoms with E-state index in [0.717, 1.165) is 55.1 Å². The lowest BCUT2D eigenvalue weighted by molar-refractivity contribution is -0.118. The third-order valence-electron chi connectivity index (χ3n) is 3.95. The maximum atomic E-state index is 12.0. The van der Waals surface area contributed by atoms with Crippen molar-refractivity contribution in [3.8, 4) is 0 Å². The molecule has 24 heavy (non-hydrogen) atoms. The van der Waals surface area contributed by atoms with Crippen molar-refractivity contribution in [3.63, 3.8) is 0 Å². The standard InChI is InChI=1S/C17H22N4O2S/c22-16(18-6-3-7-21-8-10-23-11-9-21)13-24-17-15-5-2-1-4-14(15)12-19-20-17/h1-2,4-5,12H,3,6-11,13H2,(H,18,22). The summed E-state index contributed by atoms with van der Waals surface area (Å²) in [6.45, 7) is 5.32. The van der Waals surface area contributed by atoms with Gasteiger partial charge in [0, 0.05) is 30.4 Å². The molecule has 1 saturated heterocycles. The first-order chi connectivity index (χ1) is 11.8. The predicted molar refractivity (Wildman–Crippen MR) is 95.1 cm³/mol. The number of morpholine rings is 1. The number of rotatable bonds is 7. The maximum absolute atomic E-state index is 12.0. The van der Waals surface area contributed by atoms with Gasteiger partial charge in [-0.3, -0.25) is 9.69 Å². The normalized spacial score (nSPS) is 15.5. The number of aromatic nitrogens is 2. The molecule has 1 fully saturated rings. The monoisotopic (exact) mass is 346 g/mol. The van der Waals surface area contributed by atoms with Crippen LogP contribution in [0.4, 0.5) is 0 Å². The first-order valence-electron chi connectivity index (χ1n) is 8.23. The maximum Gasteiger partial charge on any atom is 0.230 e. The largest absolute Gasteiger partial charge is 0.379 e. The summed E-state index contributed by atoms with van der Waals surface area (Å²) >= 11 is 1.43. The molecule has 1 aliphatic heterocycles. The Morgan fingerprint density at radius 3 is 3.00 bits per heavy atom. The fourth-order valence-electron chi connectivity index (χ4n) is 2.65. The number of fused-ring (bicyclic) bond motifs is 1. The molecule has 0 saturated carbocycles. The van der Waals surface area contributed by atoms with Crippen molar-refractivity contribution in [2.45, 2.75) is 11.4 Å². The molecular weight excluding hydrogens is 324 g/mol. The van der Waals surface area contributed by atoms with Crippen molar-refractivity contribution in [2.24, 2.45) is 0 Å². The highest BCUT2D eigenvalue weighted by Gasteiger charge is 2.10. The zero-order chi connectivity index (χ0) is 16.6. The van der Waals surface area contributed by atoms with Crippen LogP contribution in [0.15, 0.2) is 35.5 Å². The average molecular weight is 346 g/mol. The third-order valence-corrected chi connectivity index (χ3v) is 4.94. The van der Waals surface area contributed by atoms with Crippen LogP contribution in [-0.4, -0.2) is 66.2 Å². The lowest BCUT2D eigenvalue weighted by Gasteiger charge is -2.26. The Balaban J connectivity index is 1.39. The quantitative estimate of drug-likeness (QED) is 0.606. The number of carbonyl (C=O) groups excluding carboxylic acids is 1. The van der Waals surface area contributed by atoms with E-state index in [-0.39, 0.29) is 5.91 Å². The summed E-state index contributed by atoms with van der Waals surface area (Å²) in [5, 5.41) is 14.0. The molecule has 3 rings (SSSR count). The molecular formula is C17H22N4O2S. The molecule has 0 bridgehead atoms. The fraction of sp³-hybridized carbons (Fsp3) is 0.471. The second-order valence-corrected chi connectivity index (χ2v) is 6.65. The van der Waals surface area contributed by atoms with Gasteiger partial charge in [0.25, 0.3) is 0 Å². The van der Waals surface area contributed by atoms with E-state index in [2.05, 4.69) is 20.4 Å². The number of thioether (sulfide) groups is 1. The zero-order valence-corrected chi connectivity index (χ0v) is 14.4. The van der Waals surface area contributed by atoms with Crippen molar-refractivity contribution < 1.29 is 9.53 Å². The van der Waals surface area contributed by atoms with Crippen molar-refractivity contribution >= 4 is 28.4 Å². The molecule has 0 aliphatic carbocycles. The van der Waals surface area contributed by atoms with Crippen LogP contribution in [0.25, 0.3) is 10.8 Å². The van der Waals surface area contributed by atoms with Crippen molar-refractivity contribution in [2.75, 3.05) is 45.1 Å². The van der Waals surface area contributed by atoms with Crippen molar-refractivity contribution in [1.82, 2.24) is 20.4 Å². The van der Waals surface area contributed by atoms with E-state index in [9.17, 15) is 4.79 Å². The molecule has 0 spiro atoms. The molecule has 2 heterocycles. The minimum Gasteiger partial charge on any atom is -0.379 e. The van der Waals surface area contributed by atoms with Gasteiger partial charge < -0.3 is 10.1 Å². The molecule has 2 aromatic rings. The fourth-order valence-corrected chi connectivity index (χ4v) is 3.46. The summed E-state index contributed by atoms with van der Waals surface area (Å²) in [7, 11) is 0. The minimum atomic E-state index is 0.0386. The Morgan fingerprint density at radius 2 is 2.12 bits per heavy atom. The van der Waals surface area contributed by atoms with Crippen LogP contribution in [0.1, 0.15) is 6.42 Å². The van der Waals surface area contributed by atoms with Gasteiger partial charge in [0.2, 0.25) is 5.91 Å². The molecule has 1 N–H and O–H groups in total. The van der Waals surface area contributed by atoms with Crippen LogP contribution in [0, 0.1) is 0 Å². The molecule has 128 valence electrons. The van der Waals surface area contributed by atoms with E-state index in [1.165, 1.54) is 11.8 Å². The summed E-state index contributed by atoms with van der Waals surface area (Å²) < 4.78 is 5.32. The Labute approximate surface area is 146 Å². The van der Waals surface area contributed by atoms with Crippen LogP contribution in [0.3, 0.4) is 0 Å². The molecule has 0 radical (unpaired) electrons. The second kappa shape index (κ2) is 8.96. The summed E-state index contributed by atoms with van der Waals surface area (Å²) in [6, 6.07) is 7.95. The van der Waals surface area contributed by atoms with Gasteiger partial charge in [-0.2, -0.15) is 5.10 Å². The van der Waals surface area contributed by atoms with Gasteiger partial charge in [-0.05, 0) is 13.0 Å². The van der Waals surface area contributed by atoms with E-state index in [4.69, 9.17) is 4.74 Å². The van der Waals surface area contributed by atoms with Gasteiger partial charge in [0.15, 0.2) is 0 Å². The minimum absolute atomic E-state index is 0.0386. The second-order valence-electron chi connectivity index (χ2n) is 5.68. The van der Waals surface area contributed by atoms with Gasteiger partial charge in [0.05, 0.1) is 25.2 Å². The summed E-state index contributed by atoms with van der Waals surface area (Å²) in [6.07, 6.45) is 2.70. The van der Waals surface area contributed by atoms with E-state index in [0.29, 0.717) is 12.3 Å². The van der Waals surface area contributed by atoms with Crippen molar-refractivity contribution in [3.05, 3.63) is 30.5 Å². The van der Waals surface area contributed by atoms with Gasteiger partial charge in [-0.15, -0.1) is 5.10 Å². The Hall–Kier alpha value is -1.70. The molecule has 0 unspecified atom stereocenters. The van der Waals surface area contributed by atoms with Crippen LogP contribution in [0.2, 0.25) is 0 Å². The molecule has 1 aromatic carbocycles. The number of amides is 1. The number of hydrogen-bond donors (Lipinski definition) is 1. The first-order valence-corrected chi connectivity index (χ1v) is 9.21. The molecule has 1 amide bonds. The Kier molecular flexibility index (Phi) is 6.40. The Morgan fingerprint density at radius 1 is 1.29 bits per heavy atom. The third kappa shape index (κ3) is 4.90. The van der Waals surface area contributed by atoms with Crippen LogP contribution < -0.4 is 5.32 Å². The predicted octanol–water partition coefficient (Wildman–Crippen LogP) is 1.56. The highest BCUT2D eigenvalue weighted by molar-refractivity contribution is 8.00. The van der Waals surface area contributed by atoms with Gasteiger partial charge in [-0.25, -0.2) is 0 Å². The smallest absolute Gasteiger partial charge is 0.230 e. The molecule has 0 atom stereocenters. The number of nitrogens with one attached hydrogen (secondary N) is 1. The summed E-state index contributed by atoms with van der Waals surface area (Å²) in [5.74, 6) is 0.400. The molecule has 6 nitrogen and oxygen atoms in total. The van der Waals surface area contributed by atoms with Crippen LogP contribution >= 0.6 is 11.8 Å². The van der Waals surface area contributed by atoms with Gasteiger partial charge >= 0.3 is 0 Å². The van der Waals surface area contributed by atoms with E-state index in [1.807, 2.05) is 24.3 Å². The van der Waals surface area contributed by atoms with Gasteiger partial charge in [0.1, 0.15) is 5.03 Å². The van der Waals surface area contributed by atoms with Gasteiger partial charge in [-0.1, -0.05) is 36.0 Å². The first kappa shape index (κ1) is 17.1. The molecule has 1 aromatic heterocycles. The number of benzene rings is 1. The van der Waals surface area contributed by atoms with E-state index < -0.39 is 0 Å². The van der Waals surface area contributed by atoms with E-state index >= 15 is 0 Å². The van der Waals surface area contributed by atoms with Crippen LogP contribution in [-0.2, 0) is 9.53 Å². The Bertz CT molecular complexity index is 671. The molecule has 7 heteroatoms. The number of ether oxygens (including phenoxy) is 1. The SMILES string of the molecule is O=C(CSc1nncc2ccccc12)NCCCN1CCOCC1. The topological polar surface area (TPSA) is 67.4 Å². The average Bonchev–Trinajstić information content (AvgIpc) is 2.64. The number of carbonyl (C=O) groups is 1. The zero-order valence-electron chi connectivity index (χ0n) is 13.6. The highest BCUT2D eigenvalue weighted by Crippen LogP contribution is 2.24.